The number of aromatic carboxylic acids is 1. The predicted octanol–water partition coefficient (Wildman–Crippen LogP) is 2.23. The minimum atomic E-state index is -0.909. The van der Waals surface area contributed by atoms with Crippen LogP contribution in [0.1, 0.15) is 10.4 Å². The zero-order chi connectivity index (χ0) is 17.6. The third-order valence-corrected chi connectivity index (χ3v) is 8.44. The van der Waals surface area contributed by atoms with Gasteiger partial charge in [0.2, 0.25) is 0 Å². The van der Waals surface area contributed by atoms with Crippen LogP contribution in [0.4, 0.5) is 0 Å². The van der Waals surface area contributed by atoms with Crippen molar-refractivity contribution in [1.29, 1.82) is 0 Å². The molecule has 0 amide bonds. The Kier molecular flexibility index (Phi) is 1.97. The molecule has 6 aliphatic carbocycles. The summed E-state index contributed by atoms with van der Waals surface area (Å²) in [4.78, 5) is 22.0. The Morgan fingerprint density at radius 1 is 1.08 bits per heavy atom. The summed E-state index contributed by atoms with van der Waals surface area (Å²) in [6.07, 6.45) is 1.59. The van der Waals surface area contributed by atoms with Crippen molar-refractivity contribution in [1.82, 2.24) is 0 Å². The van der Waals surface area contributed by atoms with Crippen LogP contribution in [0.25, 0.3) is 0 Å². The van der Waals surface area contributed by atoms with Crippen molar-refractivity contribution in [3.8, 4) is 5.75 Å². The van der Waals surface area contributed by atoms with Crippen LogP contribution in [-0.4, -0.2) is 29.8 Å². The van der Waals surface area contributed by atoms with Gasteiger partial charge < -0.3 is 14.6 Å². The number of carbonyl (C=O) groups excluding carboxylic acids is 1. The van der Waals surface area contributed by atoms with Crippen LogP contribution in [0.5, 0.6) is 5.75 Å². The number of ether oxygens (including phenoxy) is 2. The highest BCUT2D eigenvalue weighted by Gasteiger charge is 3.18. The van der Waals surface area contributed by atoms with Gasteiger partial charge in [0, 0.05) is 23.8 Å². The van der Waals surface area contributed by atoms with Crippen molar-refractivity contribution in [2.45, 2.75) is 6.10 Å². The van der Waals surface area contributed by atoms with Gasteiger partial charge in [-0.05, 0) is 58.8 Å². The Labute approximate surface area is 150 Å². The normalized spacial score (nSPS) is 53.7. The number of rotatable bonds is 6. The molecule has 1 aromatic rings. The van der Waals surface area contributed by atoms with Crippen LogP contribution < -0.4 is 4.74 Å². The molecule has 0 bridgehead atoms. The molecular weight excluding hydrogens is 332 g/mol. The minimum Gasteiger partial charge on any atom is -0.490 e. The number of carbonyl (C=O) groups is 2. The smallest absolute Gasteiger partial charge is 0.335 e. The summed E-state index contributed by atoms with van der Waals surface area (Å²) < 4.78 is 11.2. The van der Waals surface area contributed by atoms with E-state index in [1.54, 1.807) is 24.3 Å². The van der Waals surface area contributed by atoms with Gasteiger partial charge in [-0.15, -0.1) is 0 Å². The fourth-order valence-corrected chi connectivity index (χ4v) is 7.41. The first-order valence-electron chi connectivity index (χ1n) is 9.38. The van der Waals surface area contributed by atoms with Crippen LogP contribution in [0.3, 0.4) is 0 Å². The van der Waals surface area contributed by atoms with Crippen molar-refractivity contribution in [2.75, 3.05) is 6.61 Å². The highest BCUT2D eigenvalue weighted by atomic mass is 16.5. The third-order valence-electron chi connectivity index (χ3n) is 8.44. The number of esters is 1. The second kappa shape index (κ2) is 3.71. The van der Waals surface area contributed by atoms with Crippen molar-refractivity contribution >= 4 is 11.9 Å². The average molecular weight is 350 g/mol. The molecule has 1 aromatic carbocycles. The van der Waals surface area contributed by atoms with Crippen LogP contribution in [0, 0.1) is 52.3 Å². The highest BCUT2D eigenvalue weighted by Crippen LogP contribution is 3.18. The van der Waals surface area contributed by atoms with Crippen molar-refractivity contribution < 1.29 is 24.2 Å². The van der Waals surface area contributed by atoms with Crippen molar-refractivity contribution in [2.24, 2.45) is 52.3 Å². The Hall–Kier alpha value is -2.30. The van der Waals surface area contributed by atoms with Gasteiger partial charge in [-0.1, -0.05) is 6.58 Å². The van der Waals surface area contributed by atoms with Gasteiger partial charge in [-0.2, -0.15) is 0 Å². The van der Waals surface area contributed by atoms with E-state index in [0.29, 0.717) is 35.0 Å². The standard InChI is InChI=1S/C21H18O5/c1-2-11(22)25-7-10-12-13(10)20(12)17-18(20)21(17)14-15(21)16(14)26-9-5-3-8(4-6-9)19(23)24/h2-6,10,12-18H,1,7H2,(H,23,24). The van der Waals surface area contributed by atoms with E-state index >= 15 is 0 Å². The number of hydrogen-bond donors (Lipinski definition) is 1. The van der Waals surface area contributed by atoms with E-state index < -0.39 is 5.97 Å². The number of fused-ring (bicyclic) bond motifs is 11. The van der Waals surface area contributed by atoms with Crippen LogP contribution in [0.2, 0.25) is 0 Å². The Morgan fingerprint density at radius 2 is 1.69 bits per heavy atom. The van der Waals surface area contributed by atoms with E-state index in [2.05, 4.69) is 6.58 Å². The predicted molar refractivity (Wildman–Crippen MR) is 88.3 cm³/mol. The van der Waals surface area contributed by atoms with Gasteiger partial charge in [0.05, 0.1) is 12.2 Å². The van der Waals surface area contributed by atoms with Crippen molar-refractivity contribution in [3.63, 3.8) is 0 Å². The Bertz CT molecular complexity index is 883. The van der Waals surface area contributed by atoms with E-state index in [-0.39, 0.29) is 5.97 Å². The lowest BCUT2D eigenvalue weighted by molar-refractivity contribution is -0.138. The van der Waals surface area contributed by atoms with Crippen LogP contribution in [-0.2, 0) is 9.53 Å². The zero-order valence-corrected chi connectivity index (χ0v) is 14.0. The lowest BCUT2D eigenvalue weighted by Crippen LogP contribution is -2.28. The van der Waals surface area contributed by atoms with Gasteiger partial charge in [0.15, 0.2) is 0 Å². The molecular formula is C21H18O5. The molecule has 26 heavy (non-hydrogen) atoms. The summed E-state index contributed by atoms with van der Waals surface area (Å²) in [6.45, 7) is 4.01. The lowest BCUT2D eigenvalue weighted by atomic mass is 9.81. The number of hydrogen-bond acceptors (Lipinski definition) is 4. The fraction of sp³-hybridized carbons (Fsp3) is 0.524. The number of benzene rings is 1. The molecule has 0 aromatic heterocycles. The first-order chi connectivity index (χ1) is 12.6. The fourth-order valence-electron chi connectivity index (χ4n) is 7.41. The monoisotopic (exact) mass is 350 g/mol. The molecule has 0 heterocycles. The van der Waals surface area contributed by atoms with E-state index in [1.807, 2.05) is 0 Å². The summed E-state index contributed by atoms with van der Waals surface area (Å²) in [5, 5.41) is 8.93. The maximum atomic E-state index is 11.1. The molecule has 1 N–H and O–H groups in total. The maximum Gasteiger partial charge on any atom is 0.335 e. The molecule has 6 fully saturated rings. The summed E-state index contributed by atoms with van der Waals surface area (Å²) >= 11 is 0. The van der Waals surface area contributed by atoms with E-state index in [0.717, 1.165) is 41.3 Å². The molecule has 0 radical (unpaired) electrons. The first-order valence-corrected chi connectivity index (χ1v) is 9.38. The Balaban J connectivity index is 0.913. The first kappa shape index (κ1) is 13.8. The molecule has 132 valence electrons. The highest BCUT2D eigenvalue weighted by molar-refractivity contribution is 5.87. The van der Waals surface area contributed by atoms with E-state index in [9.17, 15) is 9.59 Å². The SMILES string of the molecule is C=CC(=O)OCC1C2C1C21C2C1C21C2C(Oc3ccc(C(=O)O)cc3)C21. The lowest BCUT2D eigenvalue weighted by Gasteiger charge is -2.26. The molecule has 6 aliphatic rings. The molecule has 0 aliphatic heterocycles. The maximum absolute atomic E-state index is 11.1. The summed E-state index contributed by atoms with van der Waals surface area (Å²) in [6, 6.07) is 6.71. The van der Waals surface area contributed by atoms with Gasteiger partial charge >= 0.3 is 11.9 Å². The average Bonchev–Trinajstić information content (AvgIpc) is 3.46. The molecule has 2 spiro atoms. The van der Waals surface area contributed by atoms with Gasteiger partial charge in [0.25, 0.3) is 0 Å². The summed E-state index contributed by atoms with van der Waals surface area (Å²) in [5.41, 5.74) is 1.61. The molecule has 5 heteroatoms. The Morgan fingerprint density at radius 3 is 2.27 bits per heavy atom. The quantitative estimate of drug-likeness (QED) is 0.629. The van der Waals surface area contributed by atoms with Gasteiger partial charge in [-0.25, -0.2) is 9.59 Å². The molecule has 6 saturated carbocycles. The van der Waals surface area contributed by atoms with Gasteiger partial charge in [0.1, 0.15) is 11.9 Å². The van der Waals surface area contributed by atoms with E-state index in [1.165, 1.54) is 6.08 Å². The van der Waals surface area contributed by atoms with Crippen LogP contribution in [0.15, 0.2) is 36.9 Å². The second-order valence-corrected chi connectivity index (χ2v) is 8.97. The largest absolute Gasteiger partial charge is 0.490 e. The molecule has 6 unspecified atom stereocenters. The molecule has 0 saturated heterocycles. The topological polar surface area (TPSA) is 72.8 Å². The van der Waals surface area contributed by atoms with Crippen molar-refractivity contribution in [3.05, 3.63) is 42.5 Å². The molecule has 5 nitrogen and oxygen atoms in total. The third kappa shape index (κ3) is 1.24. The molecule has 7 rings (SSSR count). The number of carboxylic acids is 1. The number of carboxylic acid groups (broad SMARTS) is 1. The van der Waals surface area contributed by atoms with Crippen LogP contribution >= 0.6 is 0 Å². The molecule has 6 atom stereocenters. The summed E-state index contributed by atoms with van der Waals surface area (Å²) in [7, 11) is 0. The van der Waals surface area contributed by atoms with E-state index in [4.69, 9.17) is 14.6 Å². The minimum absolute atomic E-state index is 0.293. The second-order valence-electron chi connectivity index (χ2n) is 8.97. The summed E-state index contributed by atoms with van der Waals surface area (Å²) in [5.74, 6) is 5.26. The van der Waals surface area contributed by atoms with Gasteiger partial charge in [-0.3, -0.25) is 0 Å². The zero-order valence-electron chi connectivity index (χ0n) is 14.0.